The van der Waals surface area contributed by atoms with Gasteiger partial charge in [0.2, 0.25) is 10.0 Å². The summed E-state index contributed by atoms with van der Waals surface area (Å²) in [6.45, 7) is 6.27. The third-order valence-corrected chi connectivity index (χ3v) is 8.25. The van der Waals surface area contributed by atoms with Crippen LogP contribution >= 0.6 is 0 Å². The van der Waals surface area contributed by atoms with Crippen LogP contribution in [-0.2, 0) is 21.4 Å². The van der Waals surface area contributed by atoms with Crippen molar-refractivity contribution in [3.63, 3.8) is 0 Å². The van der Waals surface area contributed by atoms with E-state index in [1.807, 2.05) is 18.2 Å². The van der Waals surface area contributed by atoms with E-state index in [0.717, 1.165) is 37.0 Å². The molecule has 1 N–H and O–H groups in total. The number of hydrogen-bond acceptors (Lipinski definition) is 6. The van der Waals surface area contributed by atoms with Crippen molar-refractivity contribution in [3.05, 3.63) is 53.8 Å². The first-order valence-corrected chi connectivity index (χ1v) is 13.0. The normalized spacial score (nSPS) is 14.3. The first kappa shape index (κ1) is 24.3. The Morgan fingerprint density at radius 1 is 1.12 bits per heavy atom. The van der Waals surface area contributed by atoms with Gasteiger partial charge in [0, 0.05) is 44.2 Å². The van der Waals surface area contributed by atoms with Crippen LogP contribution in [0.2, 0.25) is 0 Å². The molecule has 0 spiro atoms. The smallest absolute Gasteiger partial charge is 0.291 e. The van der Waals surface area contributed by atoms with Gasteiger partial charge >= 0.3 is 0 Å². The molecule has 0 atom stereocenters. The molecule has 34 heavy (non-hydrogen) atoms. The predicted molar refractivity (Wildman–Crippen MR) is 133 cm³/mol. The molecule has 0 bridgehead atoms. The van der Waals surface area contributed by atoms with Crippen LogP contribution in [0.15, 0.2) is 51.8 Å². The summed E-state index contributed by atoms with van der Waals surface area (Å²) >= 11 is 0. The molecule has 1 amide bonds. The Morgan fingerprint density at radius 2 is 1.82 bits per heavy atom. The molecular formula is C25H31N3O5S. The monoisotopic (exact) mass is 485 g/mol. The van der Waals surface area contributed by atoms with E-state index < -0.39 is 15.9 Å². The van der Waals surface area contributed by atoms with Crippen LogP contribution in [0.1, 0.15) is 42.8 Å². The Bertz CT molecular complexity index is 1270. The molecule has 182 valence electrons. The lowest BCUT2D eigenvalue weighted by molar-refractivity contribution is 0.0992. The van der Waals surface area contributed by atoms with E-state index in [9.17, 15) is 13.2 Å². The van der Waals surface area contributed by atoms with Gasteiger partial charge < -0.3 is 19.4 Å². The lowest BCUT2D eigenvalue weighted by Gasteiger charge is -2.24. The van der Waals surface area contributed by atoms with Gasteiger partial charge in [-0.25, -0.2) is 8.42 Å². The van der Waals surface area contributed by atoms with Crippen LogP contribution < -0.4 is 10.2 Å². The molecule has 1 saturated heterocycles. The third-order valence-electron chi connectivity index (χ3n) is 6.20. The Labute approximate surface area is 200 Å². The van der Waals surface area contributed by atoms with Gasteiger partial charge in [-0.3, -0.25) is 4.79 Å². The minimum atomic E-state index is -3.68. The molecule has 0 saturated carbocycles. The average Bonchev–Trinajstić information content (AvgIpc) is 3.49. The third kappa shape index (κ3) is 4.55. The summed E-state index contributed by atoms with van der Waals surface area (Å²) in [5, 5.41) is 3.75. The fraction of sp³-hybridized carbons (Fsp3) is 0.400. The maximum Gasteiger partial charge on any atom is 0.291 e. The van der Waals surface area contributed by atoms with Crippen LogP contribution in [-0.4, -0.2) is 51.9 Å². The fourth-order valence-electron chi connectivity index (χ4n) is 4.47. The quantitative estimate of drug-likeness (QED) is 0.481. The molecule has 0 radical (unpaired) electrons. The number of benzene rings is 2. The first-order valence-electron chi connectivity index (χ1n) is 11.6. The number of amides is 1. The second kappa shape index (κ2) is 10.2. The van der Waals surface area contributed by atoms with Crippen LogP contribution in [0, 0.1) is 0 Å². The van der Waals surface area contributed by atoms with Gasteiger partial charge in [-0.15, -0.1) is 0 Å². The van der Waals surface area contributed by atoms with Crippen molar-refractivity contribution in [1.29, 1.82) is 0 Å². The van der Waals surface area contributed by atoms with E-state index in [2.05, 4.69) is 10.2 Å². The van der Waals surface area contributed by atoms with Crippen molar-refractivity contribution < 1.29 is 22.4 Å². The number of furan rings is 1. The molecular weight excluding hydrogens is 454 g/mol. The van der Waals surface area contributed by atoms with Gasteiger partial charge in [-0.2, -0.15) is 4.31 Å². The number of nitrogens with one attached hydrogen (secondary N) is 1. The summed E-state index contributed by atoms with van der Waals surface area (Å²) in [7, 11) is -2.12. The highest BCUT2D eigenvalue weighted by Crippen LogP contribution is 2.34. The standard InChI is InChI=1S/C25H31N3O5S/c1-4-28(5-2)34(30,31)18-12-13-22(27-14-8-9-15-27)21(16-18)26-25(29)24-20(17-32-3)19-10-6-7-11-23(19)33-24/h6-7,10-13,16H,4-5,8-9,14-15,17H2,1-3H3,(H,26,29). The van der Waals surface area contributed by atoms with Crippen molar-refractivity contribution in [2.24, 2.45) is 0 Å². The molecule has 9 heteroatoms. The number of rotatable bonds is 9. The summed E-state index contributed by atoms with van der Waals surface area (Å²) in [5.41, 5.74) is 2.50. The molecule has 8 nitrogen and oxygen atoms in total. The summed E-state index contributed by atoms with van der Waals surface area (Å²) in [5.74, 6) is -0.284. The van der Waals surface area contributed by atoms with Gasteiger partial charge in [0.15, 0.2) is 5.76 Å². The molecule has 1 aromatic heterocycles. The predicted octanol–water partition coefficient (Wildman–Crippen LogP) is 4.46. The van der Waals surface area contributed by atoms with E-state index in [-0.39, 0.29) is 17.3 Å². The zero-order chi connectivity index (χ0) is 24.3. The first-order chi connectivity index (χ1) is 16.4. The molecule has 3 aromatic rings. The van der Waals surface area contributed by atoms with E-state index >= 15 is 0 Å². The second-order valence-electron chi connectivity index (χ2n) is 8.26. The van der Waals surface area contributed by atoms with Crippen molar-refractivity contribution in [2.75, 3.05) is 43.5 Å². The average molecular weight is 486 g/mol. The number of fused-ring (bicyclic) bond motifs is 1. The van der Waals surface area contributed by atoms with Crippen molar-refractivity contribution >= 4 is 38.3 Å². The van der Waals surface area contributed by atoms with E-state index in [0.29, 0.717) is 29.9 Å². The number of para-hydroxylation sites is 1. The minimum Gasteiger partial charge on any atom is -0.451 e. The van der Waals surface area contributed by atoms with E-state index in [4.69, 9.17) is 9.15 Å². The van der Waals surface area contributed by atoms with Crippen LogP contribution in [0.4, 0.5) is 11.4 Å². The fourth-order valence-corrected chi connectivity index (χ4v) is 5.96. The highest BCUT2D eigenvalue weighted by Gasteiger charge is 2.27. The van der Waals surface area contributed by atoms with Crippen molar-refractivity contribution in [1.82, 2.24) is 4.31 Å². The minimum absolute atomic E-state index is 0.149. The summed E-state index contributed by atoms with van der Waals surface area (Å²) in [6.07, 6.45) is 2.10. The maximum atomic E-state index is 13.4. The van der Waals surface area contributed by atoms with Gasteiger partial charge in [0.1, 0.15) is 5.58 Å². The lowest BCUT2D eigenvalue weighted by Crippen LogP contribution is -2.31. The molecule has 2 heterocycles. The highest BCUT2D eigenvalue weighted by molar-refractivity contribution is 7.89. The molecule has 1 aliphatic heterocycles. The van der Waals surface area contributed by atoms with Gasteiger partial charge in [0.05, 0.1) is 22.9 Å². The summed E-state index contributed by atoms with van der Waals surface area (Å²) in [4.78, 5) is 15.7. The Hall–Kier alpha value is -2.88. The number of methoxy groups -OCH3 is 1. The SMILES string of the molecule is CCN(CC)S(=O)(=O)c1ccc(N2CCCC2)c(NC(=O)c2oc3ccccc3c2COC)c1. The molecule has 4 rings (SSSR count). The number of carbonyl (C=O) groups excluding carboxylic acids is 1. The topological polar surface area (TPSA) is 92.1 Å². The Morgan fingerprint density at radius 3 is 2.50 bits per heavy atom. The Balaban J connectivity index is 1.76. The molecule has 2 aromatic carbocycles. The molecule has 0 unspecified atom stereocenters. The van der Waals surface area contributed by atoms with Crippen LogP contribution in [0.3, 0.4) is 0 Å². The zero-order valence-corrected chi connectivity index (χ0v) is 20.7. The van der Waals surface area contributed by atoms with Gasteiger partial charge in [-0.05, 0) is 37.1 Å². The molecule has 1 fully saturated rings. The van der Waals surface area contributed by atoms with Crippen LogP contribution in [0.5, 0.6) is 0 Å². The van der Waals surface area contributed by atoms with E-state index in [1.54, 1.807) is 45.2 Å². The largest absolute Gasteiger partial charge is 0.451 e. The number of nitrogens with zero attached hydrogens (tertiary/aromatic N) is 2. The molecule has 0 aliphatic carbocycles. The Kier molecular flexibility index (Phi) is 7.25. The van der Waals surface area contributed by atoms with Crippen molar-refractivity contribution in [3.8, 4) is 0 Å². The second-order valence-corrected chi connectivity index (χ2v) is 10.2. The molecule has 1 aliphatic rings. The van der Waals surface area contributed by atoms with Crippen molar-refractivity contribution in [2.45, 2.75) is 38.2 Å². The number of hydrogen-bond donors (Lipinski definition) is 1. The summed E-state index contributed by atoms with van der Waals surface area (Å²) in [6, 6.07) is 12.4. The number of anilines is 2. The van der Waals surface area contributed by atoms with Gasteiger partial charge in [-0.1, -0.05) is 32.0 Å². The zero-order valence-electron chi connectivity index (χ0n) is 19.8. The lowest BCUT2D eigenvalue weighted by atomic mass is 10.1. The van der Waals surface area contributed by atoms with Crippen LogP contribution in [0.25, 0.3) is 11.0 Å². The number of ether oxygens (including phenoxy) is 1. The van der Waals surface area contributed by atoms with E-state index in [1.165, 1.54) is 4.31 Å². The van der Waals surface area contributed by atoms with Gasteiger partial charge in [0.25, 0.3) is 5.91 Å². The maximum absolute atomic E-state index is 13.4. The summed E-state index contributed by atoms with van der Waals surface area (Å²) < 4.78 is 38.9. The number of carbonyl (C=O) groups is 1. The highest BCUT2D eigenvalue weighted by atomic mass is 32.2. The number of sulfonamides is 1.